The van der Waals surface area contributed by atoms with Gasteiger partial charge in [0.15, 0.2) is 5.17 Å². The number of rotatable bonds is 4. The Balaban J connectivity index is 2.09. The number of ether oxygens (including phenoxy) is 1. The first-order valence-electron chi connectivity index (χ1n) is 9.41. The molecule has 0 spiro atoms. The molecule has 0 radical (unpaired) electrons. The fourth-order valence-electron chi connectivity index (χ4n) is 2.84. The van der Waals surface area contributed by atoms with Crippen molar-refractivity contribution in [2.75, 3.05) is 11.4 Å². The highest BCUT2D eigenvalue weighted by Gasteiger charge is 2.75. The molecule has 1 N–H and O–H groups in total. The molecule has 14 heteroatoms. The van der Waals surface area contributed by atoms with E-state index in [2.05, 4.69) is 9.73 Å². The molecule has 2 aromatic rings. The first-order chi connectivity index (χ1) is 15.7. The van der Waals surface area contributed by atoms with Gasteiger partial charge in [-0.25, -0.2) is 14.1 Å². The molecular weight excluding hydrogens is 515 g/mol. The number of para-hydroxylation sites is 1. The number of hydrogen-bond acceptors (Lipinski definition) is 4. The summed E-state index contributed by atoms with van der Waals surface area (Å²) in [4.78, 5) is 17.5. The van der Waals surface area contributed by atoms with Crippen molar-refractivity contribution in [1.82, 2.24) is 5.32 Å². The molecule has 5 nitrogen and oxygen atoms in total. The molecule has 1 heterocycles. The number of nitrogens with zero attached hydrogens (tertiary/aromatic N) is 2. The second kappa shape index (κ2) is 9.53. The van der Waals surface area contributed by atoms with Crippen LogP contribution < -0.4 is 15.0 Å². The van der Waals surface area contributed by atoms with Gasteiger partial charge in [-0.05, 0) is 30.3 Å². The molecule has 2 aromatic carbocycles. The van der Waals surface area contributed by atoms with Crippen LogP contribution >= 0.6 is 23.4 Å². The Bertz CT molecular complexity index is 1070. The van der Waals surface area contributed by atoms with Gasteiger partial charge in [0.1, 0.15) is 11.6 Å². The van der Waals surface area contributed by atoms with Gasteiger partial charge < -0.3 is 4.74 Å². The van der Waals surface area contributed by atoms with E-state index in [4.69, 9.17) is 11.6 Å². The van der Waals surface area contributed by atoms with E-state index in [1.807, 2.05) is 0 Å². The molecule has 0 aromatic heterocycles. The molecule has 1 unspecified atom stereocenters. The van der Waals surface area contributed by atoms with Crippen LogP contribution in [0.25, 0.3) is 0 Å². The Kier molecular flexibility index (Phi) is 7.27. The van der Waals surface area contributed by atoms with E-state index >= 15 is 0 Å². The quantitative estimate of drug-likeness (QED) is 0.369. The van der Waals surface area contributed by atoms with Gasteiger partial charge in [0.25, 0.3) is 0 Å². The number of urea groups is 1. The highest BCUT2D eigenvalue weighted by atomic mass is 35.5. The van der Waals surface area contributed by atoms with Crippen molar-refractivity contribution < 1.29 is 40.3 Å². The van der Waals surface area contributed by atoms with Crippen molar-refractivity contribution in [2.24, 2.45) is 4.99 Å². The van der Waals surface area contributed by atoms with Crippen LogP contribution in [0, 0.1) is 5.82 Å². The Morgan fingerprint density at radius 2 is 1.74 bits per heavy atom. The summed E-state index contributed by atoms with van der Waals surface area (Å²) in [5, 5.41) is 0.0298. The third-order valence-electron chi connectivity index (χ3n) is 4.44. The molecule has 0 saturated carbocycles. The fraction of sp³-hybridized carbons (Fsp3) is 0.300. The lowest BCUT2D eigenvalue weighted by Crippen LogP contribution is -2.72. The van der Waals surface area contributed by atoms with Gasteiger partial charge in [-0.1, -0.05) is 48.5 Å². The van der Waals surface area contributed by atoms with Gasteiger partial charge >= 0.3 is 24.1 Å². The molecule has 1 aliphatic heterocycles. The van der Waals surface area contributed by atoms with Gasteiger partial charge in [0, 0.05) is 5.25 Å². The van der Waals surface area contributed by atoms with Crippen LogP contribution in [-0.2, 0) is 0 Å². The largest absolute Gasteiger partial charge is 0.458 e. The third kappa shape index (κ3) is 5.19. The van der Waals surface area contributed by atoms with E-state index in [0.29, 0.717) is 4.90 Å². The number of anilines is 1. The van der Waals surface area contributed by atoms with Crippen molar-refractivity contribution in [2.45, 2.75) is 30.3 Å². The van der Waals surface area contributed by atoms with E-state index in [0.717, 1.165) is 59.5 Å². The van der Waals surface area contributed by atoms with E-state index in [9.17, 15) is 35.5 Å². The lowest BCUT2D eigenvalue weighted by atomic mass is 10.2. The molecule has 1 atom stereocenters. The zero-order valence-electron chi connectivity index (χ0n) is 17.0. The van der Waals surface area contributed by atoms with Crippen molar-refractivity contribution >= 4 is 40.2 Å². The minimum Gasteiger partial charge on any atom is -0.451 e. The van der Waals surface area contributed by atoms with Gasteiger partial charge in [-0.2, -0.15) is 26.3 Å². The predicted molar refractivity (Wildman–Crippen MR) is 114 cm³/mol. The van der Waals surface area contributed by atoms with Crippen LogP contribution in [0.1, 0.15) is 6.92 Å². The van der Waals surface area contributed by atoms with Crippen molar-refractivity contribution in [1.29, 1.82) is 0 Å². The number of aliphatic imine (C=N–C) groups is 1. The summed E-state index contributed by atoms with van der Waals surface area (Å²) < 4.78 is 102. The van der Waals surface area contributed by atoms with Crippen LogP contribution in [-0.4, -0.2) is 41.1 Å². The maximum atomic E-state index is 14.0. The minimum absolute atomic E-state index is 0.142. The second-order valence-corrected chi connectivity index (χ2v) is 8.82. The van der Waals surface area contributed by atoms with Crippen molar-refractivity contribution in [3.8, 4) is 5.75 Å². The maximum Gasteiger partial charge on any atom is 0.458 e. The fourth-order valence-corrected chi connectivity index (χ4v) is 3.97. The monoisotopic (exact) mass is 529 g/mol. The highest BCUT2D eigenvalue weighted by molar-refractivity contribution is 8.15. The molecule has 0 saturated heterocycles. The first kappa shape index (κ1) is 25.9. The molecule has 2 amide bonds. The maximum absolute atomic E-state index is 14.0. The van der Waals surface area contributed by atoms with Gasteiger partial charge in [-0.3, -0.25) is 10.3 Å². The smallest absolute Gasteiger partial charge is 0.451 e. The number of amidine groups is 1. The summed E-state index contributed by atoms with van der Waals surface area (Å²) in [5.74, 6) is -1.71. The summed E-state index contributed by atoms with van der Waals surface area (Å²) in [5.41, 5.74) is -5.42. The number of benzene rings is 2. The van der Waals surface area contributed by atoms with E-state index in [-0.39, 0.29) is 22.6 Å². The Morgan fingerprint density at radius 1 is 1.12 bits per heavy atom. The molecule has 0 bridgehead atoms. The summed E-state index contributed by atoms with van der Waals surface area (Å²) in [6, 6.07) is 6.20. The topological polar surface area (TPSA) is 53.9 Å². The third-order valence-corrected chi connectivity index (χ3v) is 5.81. The molecule has 34 heavy (non-hydrogen) atoms. The lowest BCUT2D eigenvalue weighted by molar-refractivity contribution is -0.364. The van der Waals surface area contributed by atoms with Crippen LogP contribution in [0.2, 0.25) is 5.02 Å². The molecule has 184 valence electrons. The molecule has 1 aliphatic rings. The summed E-state index contributed by atoms with van der Waals surface area (Å²) in [7, 11) is 0. The number of carbonyl (C=O) groups excluding carboxylic acids is 1. The Hall–Kier alpha value is -2.67. The van der Waals surface area contributed by atoms with Crippen LogP contribution in [0.3, 0.4) is 0 Å². The number of hydrogen-bond donors (Lipinski definition) is 1. The number of thioether (sulfide) groups is 1. The SMILES string of the molecule is CC1CN=C(N(C(=O)NC(Oc2ccccc2)(C(F)(F)F)C(F)(F)F)c2ccc(F)c(Cl)c2)S1. The average molecular weight is 530 g/mol. The number of halogens is 8. The van der Waals surface area contributed by atoms with Crippen LogP contribution in [0.5, 0.6) is 5.75 Å². The summed E-state index contributed by atoms with van der Waals surface area (Å²) in [6.07, 6.45) is -12.3. The van der Waals surface area contributed by atoms with Crippen molar-refractivity contribution in [3.05, 3.63) is 59.4 Å². The van der Waals surface area contributed by atoms with E-state index in [1.165, 1.54) is 6.07 Å². The molecule has 3 rings (SSSR count). The van der Waals surface area contributed by atoms with Gasteiger partial charge in [-0.15, -0.1) is 0 Å². The van der Waals surface area contributed by atoms with E-state index in [1.54, 1.807) is 6.92 Å². The summed E-state index contributed by atoms with van der Waals surface area (Å²) in [6.45, 7) is 1.83. The average Bonchev–Trinajstić information content (AvgIpc) is 3.15. The second-order valence-electron chi connectivity index (χ2n) is 7.01. The van der Waals surface area contributed by atoms with E-state index < -0.39 is 40.7 Å². The van der Waals surface area contributed by atoms with Gasteiger partial charge in [0.2, 0.25) is 0 Å². The molecule has 0 fully saturated rings. The minimum atomic E-state index is -6.14. The van der Waals surface area contributed by atoms with Crippen LogP contribution in [0.4, 0.5) is 41.2 Å². The standard InChI is InChI=1S/C20H15ClF7N3O2S/c1-11-10-29-17(34-11)31(12-7-8-15(22)14(21)9-12)16(32)30-18(19(23,24)25,20(26,27)28)33-13-5-3-2-4-6-13/h2-9,11H,10H2,1H3,(H,30,32). The molecule has 0 aliphatic carbocycles. The number of carbonyl (C=O) groups is 1. The normalized spacial score (nSPS) is 16.7. The molecular formula is C20H15ClF7N3O2S. The van der Waals surface area contributed by atoms with Gasteiger partial charge in [0.05, 0.1) is 17.3 Å². The Morgan fingerprint density at radius 3 is 2.24 bits per heavy atom. The Labute approximate surface area is 197 Å². The predicted octanol–water partition coefficient (Wildman–Crippen LogP) is 6.39. The van der Waals surface area contributed by atoms with Crippen LogP contribution in [0.15, 0.2) is 53.5 Å². The first-order valence-corrected chi connectivity index (χ1v) is 10.7. The number of amides is 2. The highest BCUT2D eigenvalue weighted by Crippen LogP contribution is 2.45. The zero-order valence-corrected chi connectivity index (χ0v) is 18.6. The van der Waals surface area contributed by atoms with Crippen molar-refractivity contribution in [3.63, 3.8) is 0 Å². The zero-order chi connectivity index (χ0) is 25.3. The summed E-state index contributed by atoms with van der Waals surface area (Å²) >= 11 is 6.65. The lowest BCUT2D eigenvalue weighted by Gasteiger charge is -2.38. The number of nitrogens with one attached hydrogen (secondary N) is 1. The number of alkyl halides is 6.